The van der Waals surface area contributed by atoms with Gasteiger partial charge in [0, 0.05) is 11.3 Å². The summed E-state index contributed by atoms with van der Waals surface area (Å²) in [7, 11) is 0. The minimum atomic E-state index is -0.672. The van der Waals surface area contributed by atoms with Crippen LogP contribution in [-0.2, 0) is 14.3 Å². The second-order valence-electron chi connectivity index (χ2n) is 4.97. The van der Waals surface area contributed by atoms with Crippen LogP contribution in [0.2, 0.25) is 0 Å². The summed E-state index contributed by atoms with van der Waals surface area (Å²) in [4.78, 5) is 24.9. The molecule has 3 nitrogen and oxygen atoms in total. The number of carbonyl (C=O) groups excluding carboxylic acids is 2. The summed E-state index contributed by atoms with van der Waals surface area (Å²) >= 11 is 1.48. The predicted octanol–water partition coefficient (Wildman–Crippen LogP) is 3.08. The van der Waals surface area contributed by atoms with Gasteiger partial charge in [-0.3, -0.25) is 9.59 Å². The van der Waals surface area contributed by atoms with Crippen LogP contribution in [0, 0.1) is 5.92 Å². The third-order valence-electron chi connectivity index (χ3n) is 3.37. The summed E-state index contributed by atoms with van der Waals surface area (Å²) in [6, 6.07) is 9.75. The van der Waals surface area contributed by atoms with E-state index in [9.17, 15) is 9.59 Å². The Morgan fingerprint density at radius 2 is 2.11 bits per heavy atom. The Kier molecular flexibility index (Phi) is 4.30. The van der Waals surface area contributed by atoms with Gasteiger partial charge < -0.3 is 4.74 Å². The SMILES string of the molecule is CCC(=O)C1COC(=O)C(C)(Sc2ccccc2)C1. The third-order valence-corrected chi connectivity index (χ3v) is 4.67. The van der Waals surface area contributed by atoms with E-state index in [2.05, 4.69) is 0 Å². The predicted molar refractivity (Wildman–Crippen MR) is 75.1 cm³/mol. The molecule has 1 aliphatic rings. The van der Waals surface area contributed by atoms with Gasteiger partial charge in [-0.25, -0.2) is 0 Å². The molecule has 4 heteroatoms. The summed E-state index contributed by atoms with van der Waals surface area (Å²) in [5.74, 6) is -0.210. The molecule has 0 aromatic heterocycles. The zero-order chi connectivity index (χ0) is 13.9. The molecule has 0 amide bonds. The lowest BCUT2D eigenvalue weighted by atomic mass is 9.89. The number of Topliss-reactive ketones (excluding diaryl/α,β-unsaturated/α-hetero) is 1. The number of hydrogen-bond donors (Lipinski definition) is 0. The number of esters is 1. The van der Waals surface area contributed by atoms with Gasteiger partial charge in [-0.05, 0) is 25.5 Å². The first-order chi connectivity index (χ1) is 9.05. The van der Waals surface area contributed by atoms with E-state index in [1.54, 1.807) is 0 Å². The van der Waals surface area contributed by atoms with Crippen molar-refractivity contribution < 1.29 is 14.3 Å². The number of ketones is 1. The van der Waals surface area contributed by atoms with Crippen LogP contribution in [0.3, 0.4) is 0 Å². The van der Waals surface area contributed by atoms with Crippen LogP contribution in [0.1, 0.15) is 26.7 Å². The molecule has 102 valence electrons. The molecule has 1 aromatic rings. The minimum Gasteiger partial charge on any atom is -0.464 e. The molecule has 0 aliphatic carbocycles. The standard InChI is InChI=1S/C15H18O3S/c1-3-13(16)11-9-15(2,14(17)18-10-11)19-12-7-5-4-6-8-12/h4-8,11H,3,9-10H2,1-2H3. The fraction of sp³-hybridized carbons (Fsp3) is 0.467. The molecule has 1 heterocycles. The average molecular weight is 278 g/mol. The Morgan fingerprint density at radius 3 is 2.74 bits per heavy atom. The molecule has 1 fully saturated rings. The van der Waals surface area contributed by atoms with E-state index >= 15 is 0 Å². The highest BCUT2D eigenvalue weighted by Gasteiger charge is 2.44. The second kappa shape index (κ2) is 5.78. The number of carbonyl (C=O) groups is 2. The van der Waals surface area contributed by atoms with Crippen molar-refractivity contribution in [3.8, 4) is 0 Å². The van der Waals surface area contributed by atoms with Gasteiger partial charge in [0.1, 0.15) is 17.1 Å². The molecule has 0 N–H and O–H groups in total. The van der Waals surface area contributed by atoms with Gasteiger partial charge in [0.15, 0.2) is 0 Å². The summed E-state index contributed by atoms with van der Waals surface area (Å²) in [5.41, 5.74) is 0. The average Bonchev–Trinajstić information content (AvgIpc) is 2.42. The third kappa shape index (κ3) is 3.18. The molecule has 2 rings (SSSR count). The van der Waals surface area contributed by atoms with Gasteiger partial charge in [-0.2, -0.15) is 0 Å². The molecule has 1 aliphatic heterocycles. The lowest BCUT2D eigenvalue weighted by Gasteiger charge is -2.35. The van der Waals surface area contributed by atoms with Crippen LogP contribution in [0.4, 0.5) is 0 Å². The topological polar surface area (TPSA) is 43.4 Å². The number of ether oxygens (including phenoxy) is 1. The van der Waals surface area contributed by atoms with E-state index in [-0.39, 0.29) is 24.3 Å². The van der Waals surface area contributed by atoms with Crippen molar-refractivity contribution >= 4 is 23.5 Å². The number of benzene rings is 1. The maximum atomic E-state index is 12.0. The molecular formula is C15H18O3S. The molecule has 0 spiro atoms. The maximum Gasteiger partial charge on any atom is 0.322 e. The molecule has 0 saturated carbocycles. The molecule has 1 aromatic carbocycles. The first-order valence-electron chi connectivity index (χ1n) is 6.49. The Bertz CT molecular complexity index is 472. The summed E-state index contributed by atoms with van der Waals surface area (Å²) in [6.45, 7) is 3.94. The van der Waals surface area contributed by atoms with Gasteiger partial charge in [-0.15, -0.1) is 11.8 Å². The summed E-state index contributed by atoms with van der Waals surface area (Å²) < 4.78 is 4.55. The van der Waals surface area contributed by atoms with Crippen molar-refractivity contribution in [2.45, 2.75) is 36.3 Å². The summed E-state index contributed by atoms with van der Waals surface area (Å²) in [6.07, 6.45) is 1.05. The molecule has 1 saturated heterocycles. The number of cyclic esters (lactones) is 1. The normalized spacial score (nSPS) is 26.8. The number of hydrogen-bond acceptors (Lipinski definition) is 4. The maximum absolute atomic E-state index is 12.0. The van der Waals surface area contributed by atoms with Crippen molar-refractivity contribution in [3.05, 3.63) is 30.3 Å². The molecule has 0 bridgehead atoms. The quantitative estimate of drug-likeness (QED) is 0.794. The molecule has 2 unspecified atom stereocenters. The van der Waals surface area contributed by atoms with Gasteiger partial charge >= 0.3 is 5.97 Å². The van der Waals surface area contributed by atoms with Crippen LogP contribution < -0.4 is 0 Å². The first-order valence-corrected chi connectivity index (χ1v) is 7.31. The smallest absolute Gasteiger partial charge is 0.322 e. The molecular weight excluding hydrogens is 260 g/mol. The largest absolute Gasteiger partial charge is 0.464 e. The lowest BCUT2D eigenvalue weighted by molar-refractivity contribution is -0.154. The second-order valence-corrected chi connectivity index (χ2v) is 6.54. The Labute approximate surface area is 117 Å². The Balaban J connectivity index is 2.15. The van der Waals surface area contributed by atoms with E-state index in [0.717, 1.165) is 4.90 Å². The van der Waals surface area contributed by atoms with Crippen molar-refractivity contribution in [1.29, 1.82) is 0 Å². The van der Waals surface area contributed by atoms with Crippen LogP contribution in [0.15, 0.2) is 35.2 Å². The fourth-order valence-electron chi connectivity index (χ4n) is 2.27. The van der Waals surface area contributed by atoms with Crippen molar-refractivity contribution in [2.24, 2.45) is 5.92 Å². The van der Waals surface area contributed by atoms with E-state index in [4.69, 9.17) is 4.74 Å². The fourth-order valence-corrected chi connectivity index (χ4v) is 3.51. The summed E-state index contributed by atoms with van der Waals surface area (Å²) in [5, 5.41) is 0. The number of thioether (sulfide) groups is 1. The lowest BCUT2D eigenvalue weighted by Crippen LogP contribution is -2.44. The van der Waals surface area contributed by atoms with Crippen LogP contribution in [0.25, 0.3) is 0 Å². The zero-order valence-corrected chi connectivity index (χ0v) is 12.0. The van der Waals surface area contributed by atoms with Crippen molar-refractivity contribution in [3.63, 3.8) is 0 Å². The molecule has 19 heavy (non-hydrogen) atoms. The molecule has 2 atom stereocenters. The molecule has 0 radical (unpaired) electrons. The monoisotopic (exact) mass is 278 g/mol. The van der Waals surface area contributed by atoms with Crippen molar-refractivity contribution in [1.82, 2.24) is 0 Å². The highest BCUT2D eigenvalue weighted by molar-refractivity contribution is 8.01. The van der Waals surface area contributed by atoms with Crippen LogP contribution in [-0.4, -0.2) is 23.1 Å². The van der Waals surface area contributed by atoms with Crippen LogP contribution in [0.5, 0.6) is 0 Å². The zero-order valence-electron chi connectivity index (χ0n) is 11.2. The van der Waals surface area contributed by atoms with Crippen molar-refractivity contribution in [2.75, 3.05) is 6.61 Å². The Hall–Kier alpha value is -1.29. The minimum absolute atomic E-state index is 0.163. The first kappa shape index (κ1) is 14.1. The van der Waals surface area contributed by atoms with Gasteiger partial charge in [-0.1, -0.05) is 25.1 Å². The van der Waals surface area contributed by atoms with E-state index in [0.29, 0.717) is 12.8 Å². The number of rotatable bonds is 4. The van der Waals surface area contributed by atoms with Gasteiger partial charge in [0.25, 0.3) is 0 Å². The van der Waals surface area contributed by atoms with E-state index in [1.165, 1.54) is 11.8 Å². The Morgan fingerprint density at radius 1 is 1.42 bits per heavy atom. The van der Waals surface area contributed by atoms with E-state index < -0.39 is 4.75 Å². The highest BCUT2D eigenvalue weighted by Crippen LogP contribution is 2.41. The highest BCUT2D eigenvalue weighted by atomic mass is 32.2. The van der Waals surface area contributed by atoms with E-state index in [1.807, 2.05) is 44.2 Å². The van der Waals surface area contributed by atoms with Gasteiger partial charge in [0.05, 0.1) is 5.92 Å². The van der Waals surface area contributed by atoms with Gasteiger partial charge in [0.2, 0.25) is 0 Å². The van der Waals surface area contributed by atoms with Crippen LogP contribution >= 0.6 is 11.8 Å².